The molecule has 1 aliphatic rings. The molecule has 2 rings (SSSR count). The molecule has 1 aliphatic heterocycles. The van der Waals surface area contributed by atoms with Crippen LogP contribution in [0.25, 0.3) is 0 Å². The first-order chi connectivity index (χ1) is 5.27. The summed E-state index contributed by atoms with van der Waals surface area (Å²) in [6.45, 7) is 2.98. The lowest BCUT2D eigenvalue weighted by atomic mass is 10.1. The van der Waals surface area contributed by atoms with Crippen molar-refractivity contribution in [2.24, 2.45) is 4.99 Å². The molecule has 0 unspecified atom stereocenters. The third-order valence-electron chi connectivity index (χ3n) is 1.88. The number of aliphatic imine (C=N–C) groups is 1. The van der Waals surface area contributed by atoms with Crippen LogP contribution in [-0.4, -0.2) is 3.72 Å². The van der Waals surface area contributed by atoms with Gasteiger partial charge in [0.25, 0.3) is 0 Å². The molecule has 0 amide bonds. The lowest BCUT2D eigenvalue weighted by Crippen LogP contribution is -1.88. The summed E-state index contributed by atoms with van der Waals surface area (Å²) in [6.07, 6.45) is 0. The Kier molecular flexibility index (Phi) is 1.71. The molecular formula is C9H8IN. The van der Waals surface area contributed by atoms with Crippen molar-refractivity contribution in [3.05, 3.63) is 34.9 Å². The Morgan fingerprint density at radius 1 is 1.45 bits per heavy atom. The zero-order valence-electron chi connectivity index (χ0n) is 6.26. The first kappa shape index (κ1) is 7.28. The van der Waals surface area contributed by atoms with Crippen molar-refractivity contribution < 1.29 is 0 Å². The summed E-state index contributed by atoms with van der Waals surface area (Å²) in [6, 6.07) is 6.51. The zero-order chi connectivity index (χ0) is 7.84. The highest BCUT2D eigenvalue weighted by Crippen LogP contribution is 2.22. The highest BCUT2D eigenvalue weighted by molar-refractivity contribution is 14.1. The van der Waals surface area contributed by atoms with E-state index in [-0.39, 0.29) is 0 Å². The van der Waals surface area contributed by atoms with Crippen molar-refractivity contribution in [3.63, 3.8) is 0 Å². The summed E-state index contributed by atoms with van der Waals surface area (Å²) < 4.78 is 1.15. The maximum Gasteiger partial charge on any atom is 0.103 e. The van der Waals surface area contributed by atoms with E-state index in [0.717, 1.165) is 10.3 Å². The van der Waals surface area contributed by atoms with Gasteiger partial charge in [0.15, 0.2) is 0 Å². The molecule has 11 heavy (non-hydrogen) atoms. The first-order valence-electron chi connectivity index (χ1n) is 3.57. The summed E-state index contributed by atoms with van der Waals surface area (Å²) in [7, 11) is 0. The Morgan fingerprint density at radius 3 is 3.09 bits per heavy atom. The number of hydrogen-bond donors (Lipinski definition) is 0. The fraction of sp³-hybridized carbons (Fsp3) is 0.222. The van der Waals surface area contributed by atoms with Crippen LogP contribution in [0.15, 0.2) is 23.2 Å². The molecule has 0 aliphatic carbocycles. The van der Waals surface area contributed by atoms with Crippen molar-refractivity contribution in [1.29, 1.82) is 0 Å². The number of rotatable bonds is 0. The van der Waals surface area contributed by atoms with E-state index in [0.29, 0.717) is 0 Å². The van der Waals surface area contributed by atoms with Crippen LogP contribution in [-0.2, 0) is 6.54 Å². The largest absolute Gasteiger partial charge is 0.273 e. The Bertz CT molecular complexity index is 328. The van der Waals surface area contributed by atoms with E-state index >= 15 is 0 Å². The molecule has 0 aromatic heterocycles. The SMILES string of the molecule is Cc1ccc2c(c1)C(I)=NC2. The Balaban J connectivity index is 2.60. The molecule has 1 heterocycles. The second-order valence-electron chi connectivity index (χ2n) is 2.77. The molecule has 0 spiro atoms. The molecule has 1 nitrogen and oxygen atoms in total. The quantitative estimate of drug-likeness (QED) is 0.633. The van der Waals surface area contributed by atoms with Gasteiger partial charge in [-0.3, -0.25) is 4.99 Å². The van der Waals surface area contributed by atoms with Crippen LogP contribution < -0.4 is 0 Å². The fourth-order valence-electron chi connectivity index (χ4n) is 1.26. The van der Waals surface area contributed by atoms with Crippen molar-refractivity contribution >= 4 is 26.3 Å². The highest BCUT2D eigenvalue weighted by atomic mass is 127. The Labute approximate surface area is 79.7 Å². The minimum atomic E-state index is 0.869. The third-order valence-corrected chi connectivity index (χ3v) is 2.80. The maximum absolute atomic E-state index is 4.35. The van der Waals surface area contributed by atoms with Gasteiger partial charge in [0.05, 0.1) is 6.54 Å². The van der Waals surface area contributed by atoms with Gasteiger partial charge >= 0.3 is 0 Å². The molecule has 0 bridgehead atoms. The van der Waals surface area contributed by atoms with E-state index < -0.39 is 0 Å². The lowest BCUT2D eigenvalue weighted by molar-refractivity contribution is 1.11. The van der Waals surface area contributed by atoms with Crippen LogP contribution in [0.5, 0.6) is 0 Å². The average molecular weight is 257 g/mol. The van der Waals surface area contributed by atoms with E-state index in [1.807, 2.05) is 0 Å². The highest BCUT2D eigenvalue weighted by Gasteiger charge is 2.11. The van der Waals surface area contributed by atoms with Crippen molar-refractivity contribution in [2.45, 2.75) is 13.5 Å². The number of benzene rings is 1. The molecular weight excluding hydrogens is 249 g/mol. The molecule has 0 radical (unpaired) electrons. The van der Waals surface area contributed by atoms with E-state index in [9.17, 15) is 0 Å². The standard InChI is InChI=1S/C9H8IN/c1-6-2-3-7-5-11-9(10)8(7)4-6/h2-4H,5H2,1H3. The van der Waals surface area contributed by atoms with Crippen LogP contribution in [0.3, 0.4) is 0 Å². The van der Waals surface area contributed by atoms with Gasteiger partial charge in [-0.05, 0) is 41.1 Å². The van der Waals surface area contributed by atoms with Gasteiger partial charge in [-0.1, -0.05) is 17.7 Å². The Hall–Kier alpha value is -0.380. The minimum Gasteiger partial charge on any atom is -0.273 e. The van der Waals surface area contributed by atoms with Crippen LogP contribution in [0, 0.1) is 6.92 Å². The minimum absolute atomic E-state index is 0.869. The van der Waals surface area contributed by atoms with Crippen LogP contribution >= 0.6 is 22.6 Å². The molecule has 0 atom stereocenters. The number of hydrogen-bond acceptors (Lipinski definition) is 1. The van der Waals surface area contributed by atoms with Crippen LogP contribution in [0.1, 0.15) is 16.7 Å². The zero-order valence-corrected chi connectivity index (χ0v) is 8.42. The van der Waals surface area contributed by atoms with Gasteiger partial charge in [-0.15, -0.1) is 0 Å². The van der Waals surface area contributed by atoms with Gasteiger partial charge < -0.3 is 0 Å². The van der Waals surface area contributed by atoms with Gasteiger partial charge in [0.1, 0.15) is 3.72 Å². The van der Waals surface area contributed by atoms with Crippen LogP contribution in [0.2, 0.25) is 0 Å². The summed E-state index contributed by atoms with van der Waals surface area (Å²) in [5.41, 5.74) is 4.00. The Morgan fingerprint density at radius 2 is 2.27 bits per heavy atom. The molecule has 0 saturated carbocycles. The van der Waals surface area contributed by atoms with Gasteiger partial charge in [0, 0.05) is 5.56 Å². The molecule has 1 aromatic carbocycles. The van der Waals surface area contributed by atoms with E-state index in [1.165, 1.54) is 16.7 Å². The normalized spacial score (nSPS) is 14.5. The molecule has 56 valence electrons. The molecule has 2 heteroatoms. The number of aryl methyl sites for hydroxylation is 1. The molecule has 0 N–H and O–H groups in total. The predicted molar refractivity (Wildman–Crippen MR) is 55.4 cm³/mol. The smallest absolute Gasteiger partial charge is 0.103 e. The number of nitrogens with zero attached hydrogens (tertiary/aromatic N) is 1. The van der Waals surface area contributed by atoms with Crippen molar-refractivity contribution in [3.8, 4) is 0 Å². The van der Waals surface area contributed by atoms with Crippen molar-refractivity contribution in [1.82, 2.24) is 0 Å². The summed E-state index contributed by atoms with van der Waals surface area (Å²) in [4.78, 5) is 4.35. The van der Waals surface area contributed by atoms with Gasteiger partial charge in [-0.25, -0.2) is 0 Å². The van der Waals surface area contributed by atoms with E-state index in [4.69, 9.17) is 0 Å². The molecule has 0 saturated heterocycles. The second kappa shape index (κ2) is 2.59. The lowest BCUT2D eigenvalue weighted by Gasteiger charge is -1.98. The van der Waals surface area contributed by atoms with E-state index in [2.05, 4.69) is 52.7 Å². The number of halogens is 1. The van der Waals surface area contributed by atoms with Gasteiger partial charge in [0.2, 0.25) is 0 Å². The summed E-state index contributed by atoms with van der Waals surface area (Å²) in [5.74, 6) is 0. The first-order valence-corrected chi connectivity index (χ1v) is 4.65. The van der Waals surface area contributed by atoms with E-state index in [1.54, 1.807) is 0 Å². The van der Waals surface area contributed by atoms with Crippen molar-refractivity contribution in [2.75, 3.05) is 0 Å². The fourth-order valence-corrected chi connectivity index (χ4v) is 1.93. The second-order valence-corrected chi connectivity index (χ2v) is 3.79. The summed E-state index contributed by atoms with van der Waals surface area (Å²) in [5, 5.41) is 0. The molecule has 0 fully saturated rings. The summed E-state index contributed by atoms with van der Waals surface area (Å²) >= 11 is 2.29. The molecule has 1 aromatic rings. The van der Waals surface area contributed by atoms with Crippen LogP contribution in [0.4, 0.5) is 0 Å². The maximum atomic E-state index is 4.35. The number of fused-ring (bicyclic) bond motifs is 1. The third kappa shape index (κ3) is 1.20. The van der Waals surface area contributed by atoms with Gasteiger partial charge in [-0.2, -0.15) is 0 Å². The average Bonchev–Trinajstić information content (AvgIpc) is 2.33. The monoisotopic (exact) mass is 257 g/mol. The topological polar surface area (TPSA) is 12.4 Å². The predicted octanol–water partition coefficient (Wildman–Crippen LogP) is 2.69.